The third-order valence-electron chi connectivity index (χ3n) is 3.19. The molecule has 0 bridgehead atoms. The molecule has 3 rings (SSSR count). The maximum Gasteiger partial charge on any atom is 0.103 e. The maximum atomic E-state index is 5.65. The zero-order valence-electron chi connectivity index (χ0n) is 10.5. The Bertz CT molecular complexity index is 774. The van der Waals surface area contributed by atoms with Gasteiger partial charge in [0.05, 0.1) is 16.7 Å². The lowest BCUT2D eigenvalue weighted by Gasteiger charge is -2.09. The van der Waals surface area contributed by atoms with Gasteiger partial charge in [0.25, 0.3) is 0 Å². The third kappa shape index (κ3) is 2.00. The topological polar surface area (TPSA) is 43.8 Å². The van der Waals surface area contributed by atoms with Crippen molar-refractivity contribution in [2.75, 3.05) is 0 Å². The monoisotopic (exact) mass is 267 g/mol. The summed E-state index contributed by atoms with van der Waals surface area (Å²) in [6, 6.07) is 14.0. The number of hydrogen-bond acceptors (Lipinski definition) is 2. The average molecular weight is 267 g/mol. The van der Waals surface area contributed by atoms with E-state index in [1.54, 1.807) is 0 Å². The van der Waals surface area contributed by atoms with Gasteiger partial charge in [-0.2, -0.15) is 0 Å². The number of nitrogens with zero attached hydrogens (tertiary/aromatic N) is 2. The molecule has 0 saturated heterocycles. The smallest absolute Gasteiger partial charge is 0.103 e. The molecule has 0 aliphatic heterocycles. The zero-order valence-corrected chi connectivity index (χ0v) is 11.3. The molecule has 0 aliphatic carbocycles. The second kappa shape index (κ2) is 4.48. The molecule has 1 aromatic heterocycles. The van der Waals surface area contributed by atoms with Crippen molar-refractivity contribution in [1.29, 1.82) is 0 Å². The van der Waals surface area contributed by atoms with Crippen molar-refractivity contribution in [3.05, 3.63) is 59.9 Å². The highest BCUT2D eigenvalue weighted by Crippen LogP contribution is 2.21. The molecule has 2 N–H and O–H groups in total. The van der Waals surface area contributed by atoms with E-state index < -0.39 is 0 Å². The van der Waals surface area contributed by atoms with Gasteiger partial charge in [-0.15, -0.1) is 0 Å². The summed E-state index contributed by atoms with van der Waals surface area (Å²) in [5, 5.41) is 0. The van der Waals surface area contributed by atoms with Crippen molar-refractivity contribution in [3.8, 4) is 5.69 Å². The van der Waals surface area contributed by atoms with Crippen LogP contribution in [0, 0.1) is 6.92 Å². The number of para-hydroxylation sites is 2. The number of nitrogens with two attached hydrogens (primary N) is 1. The molecule has 4 heteroatoms. The summed E-state index contributed by atoms with van der Waals surface area (Å²) in [4.78, 5) is 4.83. The lowest BCUT2D eigenvalue weighted by Crippen LogP contribution is -2.10. The van der Waals surface area contributed by atoms with E-state index in [9.17, 15) is 0 Å². The van der Waals surface area contributed by atoms with E-state index in [-0.39, 0.29) is 0 Å². The van der Waals surface area contributed by atoms with E-state index in [2.05, 4.69) is 15.6 Å². The molecule has 0 aliphatic rings. The van der Waals surface area contributed by atoms with Gasteiger partial charge in [0.1, 0.15) is 11.3 Å². The van der Waals surface area contributed by atoms with E-state index in [4.69, 9.17) is 18.0 Å². The Morgan fingerprint density at radius 2 is 2.00 bits per heavy atom. The summed E-state index contributed by atoms with van der Waals surface area (Å²) in [5.74, 6) is 0. The average Bonchev–Trinajstić information content (AvgIpc) is 2.82. The fourth-order valence-electron chi connectivity index (χ4n) is 2.23. The van der Waals surface area contributed by atoms with E-state index in [0.717, 1.165) is 27.8 Å². The minimum atomic E-state index is 0.421. The number of rotatable bonds is 2. The van der Waals surface area contributed by atoms with Crippen LogP contribution in [0.5, 0.6) is 0 Å². The van der Waals surface area contributed by atoms with Crippen LogP contribution in [0.25, 0.3) is 16.7 Å². The summed E-state index contributed by atoms with van der Waals surface area (Å²) in [6.07, 6.45) is 1.84. The molecule has 0 atom stereocenters. The first-order valence-electron chi connectivity index (χ1n) is 6.00. The van der Waals surface area contributed by atoms with Crippen LogP contribution >= 0.6 is 12.2 Å². The molecule has 0 saturated carbocycles. The largest absolute Gasteiger partial charge is 0.389 e. The summed E-state index contributed by atoms with van der Waals surface area (Å²) >= 11 is 5.00. The molecule has 0 amide bonds. The first-order valence-corrected chi connectivity index (χ1v) is 6.40. The Morgan fingerprint density at radius 1 is 1.21 bits per heavy atom. The molecule has 0 unspecified atom stereocenters. The minimum absolute atomic E-state index is 0.421. The Labute approximate surface area is 116 Å². The number of aryl methyl sites for hydroxylation is 1. The van der Waals surface area contributed by atoms with Crippen molar-refractivity contribution in [3.63, 3.8) is 0 Å². The van der Waals surface area contributed by atoms with Crippen LogP contribution in [-0.2, 0) is 0 Å². The third-order valence-corrected chi connectivity index (χ3v) is 3.43. The molecule has 0 spiro atoms. The predicted octanol–water partition coefficient (Wildman–Crippen LogP) is 2.97. The predicted molar refractivity (Wildman–Crippen MR) is 81.7 cm³/mol. The summed E-state index contributed by atoms with van der Waals surface area (Å²) < 4.78 is 2.08. The quantitative estimate of drug-likeness (QED) is 0.726. The van der Waals surface area contributed by atoms with E-state index in [1.807, 2.05) is 49.6 Å². The highest BCUT2D eigenvalue weighted by molar-refractivity contribution is 7.80. The molecular weight excluding hydrogens is 254 g/mol. The zero-order chi connectivity index (χ0) is 13.4. The summed E-state index contributed by atoms with van der Waals surface area (Å²) in [6.45, 7) is 2.05. The SMILES string of the molecule is Cc1cc(C(N)=S)ccc1-n1cnc2ccccc21. The van der Waals surface area contributed by atoms with Crippen molar-refractivity contribution in [2.45, 2.75) is 6.92 Å². The first kappa shape index (κ1) is 11.9. The van der Waals surface area contributed by atoms with Crippen LogP contribution in [0.1, 0.15) is 11.1 Å². The van der Waals surface area contributed by atoms with Gasteiger partial charge in [-0.1, -0.05) is 24.4 Å². The van der Waals surface area contributed by atoms with Gasteiger partial charge in [-0.25, -0.2) is 4.98 Å². The number of benzene rings is 2. The molecule has 0 radical (unpaired) electrons. The Morgan fingerprint density at radius 3 is 2.74 bits per heavy atom. The highest BCUT2D eigenvalue weighted by Gasteiger charge is 2.07. The van der Waals surface area contributed by atoms with Gasteiger partial charge in [-0.05, 0) is 42.8 Å². The number of thiocarbonyl (C=S) groups is 1. The van der Waals surface area contributed by atoms with Crippen molar-refractivity contribution in [1.82, 2.24) is 9.55 Å². The summed E-state index contributed by atoms with van der Waals surface area (Å²) in [5.41, 5.74) is 10.8. The second-order valence-electron chi connectivity index (χ2n) is 4.47. The molecule has 2 aromatic carbocycles. The van der Waals surface area contributed by atoms with Crippen LogP contribution in [0.15, 0.2) is 48.8 Å². The Kier molecular flexibility index (Phi) is 2.80. The van der Waals surface area contributed by atoms with E-state index in [0.29, 0.717) is 4.99 Å². The van der Waals surface area contributed by atoms with Crippen molar-refractivity contribution >= 4 is 28.2 Å². The number of imidazole rings is 1. The normalized spacial score (nSPS) is 10.8. The Balaban J connectivity index is 2.19. The van der Waals surface area contributed by atoms with Crippen LogP contribution in [-0.4, -0.2) is 14.5 Å². The first-order chi connectivity index (χ1) is 9.16. The van der Waals surface area contributed by atoms with Crippen molar-refractivity contribution < 1.29 is 0 Å². The van der Waals surface area contributed by atoms with Gasteiger partial charge in [-0.3, -0.25) is 4.57 Å². The summed E-state index contributed by atoms with van der Waals surface area (Å²) in [7, 11) is 0. The lowest BCUT2D eigenvalue weighted by molar-refractivity contribution is 1.07. The van der Waals surface area contributed by atoms with Crippen LogP contribution in [0.4, 0.5) is 0 Å². The van der Waals surface area contributed by atoms with Crippen LogP contribution in [0.3, 0.4) is 0 Å². The molecule has 94 valence electrons. The van der Waals surface area contributed by atoms with Gasteiger partial charge < -0.3 is 5.73 Å². The highest BCUT2D eigenvalue weighted by atomic mass is 32.1. The number of fused-ring (bicyclic) bond motifs is 1. The van der Waals surface area contributed by atoms with Gasteiger partial charge >= 0.3 is 0 Å². The van der Waals surface area contributed by atoms with Crippen LogP contribution < -0.4 is 5.73 Å². The molecular formula is C15H13N3S. The van der Waals surface area contributed by atoms with E-state index >= 15 is 0 Å². The number of aromatic nitrogens is 2. The standard InChI is InChI=1S/C15H13N3S/c1-10-8-11(15(16)19)6-7-13(10)18-9-17-12-4-2-3-5-14(12)18/h2-9H,1H3,(H2,16,19). The van der Waals surface area contributed by atoms with Gasteiger partial charge in [0, 0.05) is 5.56 Å². The molecule has 3 aromatic rings. The van der Waals surface area contributed by atoms with E-state index in [1.165, 1.54) is 0 Å². The molecule has 1 heterocycles. The Hall–Kier alpha value is -2.20. The van der Waals surface area contributed by atoms with Crippen LogP contribution in [0.2, 0.25) is 0 Å². The second-order valence-corrected chi connectivity index (χ2v) is 4.91. The van der Waals surface area contributed by atoms with Gasteiger partial charge in [0.15, 0.2) is 0 Å². The molecule has 0 fully saturated rings. The fraction of sp³-hybridized carbons (Fsp3) is 0.0667. The van der Waals surface area contributed by atoms with Gasteiger partial charge in [0.2, 0.25) is 0 Å². The maximum absolute atomic E-state index is 5.65. The molecule has 19 heavy (non-hydrogen) atoms. The molecule has 3 nitrogen and oxygen atoms in total. The lowest BCUT2D eigenvalue weighted by atomic mass is 10.1. The van der Waals surface area contributed by atoms with Crippen molar-refractivity contribution in [2.24, 2.45) is 5.73 Å². The number of hydrogen-bond donors (Lipinski definition) is 1. The minimum Gasteiger partial charge on any atom is -0.389 e. The fourth-order valence-corrected chi connectivity index (χ4v) is 2.36.